The highest BCUT2D eigenvalue weighted by atomic mass is 32.2. The van der Waals surface area contributed by atoms with E-state index >= 15 is 0 Å². The summed E-state index contributed by atoms with van der Waals surface area (Å²) in [5.41, 5.74) is 3.35. The Morgan fingerprint density at radius 2 is 1.07 bits per heavy atom. The number of aryl methyl sites for hydroxylation is 2. The van der Waals surface area contributed by atoms with Gasteiger partial charge in [0.25, 0.3) is 0 Å². The van der Waals surface area contributed by atoms with E-state index in [0.717, 1.165) is 22.3 Å². The van der Waals surface area contributed by atoms with E-state index in [4.69, 9.17) is 0 Å². The molecule has 2 aliphatic heterocycles. The third kappa shape index (κ3) is 5.47. The molecule has 0 saturated carbocycles. The van der Waals surface area contributed by atoms with E-state index in [1.54, 1.807) is 48.5 Å². The molecule has 0 aromatic heterocycles. The zero-order chi connectivity index (χ0) is 30.4. The van der Waals surface area contributed by atoms with Crippen LogP contribution in [0.2, 0.25) is 0 Å². The zero-order valence-corrected chi connectivity index (χ0v) is 25.7. The summed E-state index contributed by atoms with van der Waals surface area (Å²) in [5.74, 6) is -0.954. The number of piperidine rings is 2. The fourth-order valence-electron chi connectivity index (χ4n) is 6.42. The van der Waals surface area contributed by atoms with Crippen LogP contribution >= 0.6 is 0 Å². The van der Waals surface area contributed by atoms with Crippen molar-refractivity contribution in [3.05, 3.63) is 131 Å². The predicted molar refractivity (Wildman–Crippen MR) is 165 cm³/mol. The van der Waals surface area contributed by atoms with Crippen molar-refractivity contribution in [2.75, 3.05) is 6.54 Å². The Labute approximate surface area is 253 Å². The second kappa shape index (κ2) is 11.5. The Hall–Kier alpha value is -3.63. The van der Waals surface area contributed by atoms with Gasteiger partial charge in [0.2, 0.25) is 20.0 Å². The van der Waals surface area contributed by atoms with E-state index in [1.807, 2.05) is 74.5 Å². The maximum absolute atomic E-state index is 14.5. The highest BCUT2D eigenvalue weighted by Crippen LogP contribution is 2.48. The molecular weight excluding hydrogens is 581 g/mol. The van der Waals surface area contributed by atoms with Crippen LogP contribution in [-0.2, 0) is 24.8 Å². The SMILES string of the molecule is Cc1ccc(S(=O)(=O)N2C[C@H]3C(=O)C[C@H](c4ccccc4)N(S(=O)(=O)c4ccc(C)cc4)[C@H]3C[C@H]2c2ccccc2)cc1. The quantitative estimate of drug-likeness (QED) is 0.273. The number of rotatable bonds is 6. The van der Waals surface area contributed by atoms with Crippen molar-refractivity contribution in [3.63, 3.8) is 0 Å². The van der Waals surface area contributed by atoms with Crippen molar-refractivity contribution >= 4 is 25.8 Å². The molecule has 2 heterocycles. The highest BCUT2D eigenvalue weighted by molar-refractivity contribution is 7.89. The molecule has 4 aromatic rings. The first-order valence-corrected chi connectivity index (χ1v) is 17.3. The summed E-state index contributed by atoms with van der Waals surface area (Å²) in [4.78, 5) is 14.2. The molecule has 0 unspecified atom stereocenters. The number of nitrogens with zero attached hydrogens (tertiary/aromatic N) is 2. The average molecular weight is 615 g/mol. The van der Waals surface area contributed by atoms with Crippen LogP contribution in [0, 0.1) is 19.8 Å². The van der Waals surface area contributed by atoms with E-state index < -0.39 is 44.1 Å². The third-order valence-corrected chi connectivity index (χ3v) is 12.5. The molecule has 0 N–H and O–H groups in total. The second-order valence-corrected chi connectivity index (χ2v) is 15.2. The van der Waals surface area contributed by atoms with Crippen LogP contribution in [0.5, 0.6) is 0 Å². The van der Waals surface area contributed by atoms with Gasteiger partial charge in [0.1, 0.15) is 5.78 Å². The highest BCUT2D eigenvalue weighted by Gasteiger charge is 2.54. The van der Waals surface area contributed by atoms with Crippen LogP contribution in [-0.4, -0.2) is 43.8 Å². The van der Waals surface area contributed by atoms with Gasteiger partial charge in [-0.3, -0.25) is 4.79 Å². The topological polar surface area (TPSA) is 91.8 Å². The first-order chi connectivity index (χ1) is 20.6. The van der Waals surface area contributed by atoms with Crippen molar-refractivity contribution in [2.45, 2.75) is 54.6 Å². The van der Waals surface area contributed by atoms with Crippen LogP contribution < -0.4 is 0 Å². The predicted octanol–water partition coefficient (Wildman–Crippen LogP) is 5.83. The largest absolute Gasteiger partial charge is 0.299 e. The number of hydrogen-bond donors (Lipinski definition) is 0. The molecular formula is C34H34N2O5S2. The van der Waals surface area contributed by atoms with Crippen molar-refractivity contribution < 1.29 is 21.6 Å². The Kier molecular flexibility index (Phi) is 7.85. The molecule has 0 radical (unpaired) electrons. The minimum Gasteiger partial charge on any atom is -0.299 e. The summed E-state index contributed by atoms with van der Waals surface area (Å²) in [7, 11) is -8.08. The van der Waals surface area contributed by atoms with Gasteiger partial charge in [0.05, 0.1) is 21.9 Å². The maximum atomic E-state index is 14.5. The molecule has 2 fully saturated rings. The zero-order valence-electron chi connectivity index (χ0n) is 24.1. The van der Waals surface area contributed by atoms with Gasteiger partial charge in [-0.15, -0.1) is 0 Å². The summed E-state index contributed by atoms with van der Waals surface area (Å²) in [5, 5.41) is 0. The Balaban J connectivity index is 1.50. The van der Waals surface area contributed by atoms with Crippen molar-refractivity contribution in [3.8, 4) is 0 Å². The van der Waals surface area contributed by atoms with Crippen LogP contribution in [0.4, 0.5) is 0 Å². The molecule has 2 aliphatic rings. The fourth-order valence-corrected chi connectivity index (χ4v) is 9.92. The molecule has 0 amide bonds. The summed E-state index contributed by atoms with van der Waals surface area (Å²) in [6.07, 6.45) is 0.102. The first kappa shape index (κ1) is 29.4. The van der Waals surface area contributed by atoms with Crippen molar-refractivity contribution in [2.24, 2.45) is 5.92 Å². The summed E-state index contributed by atoms with van der Waals surface area (Å²) < 4.78 is 60.2. The van der Waals surface area contributed by atoms with Crippen LogP contribution in [0.1, 0.15) is 47.2 Å². The standard InChI is InChI=1S/C34H34N2O5S2/c1-24-13-17-28(18-14-24)42(38,39)35-23-30-33(21-31(35)26-9-5-3-6-10-26)36(43(40,41)29-19-15-25(2)16-20-29)32(22-34(30)37)27-11-7-4-8-12-27/h3-20,30-33H,21-23H2,1-2H3/t30-,31+,32-,33+/m1/s1. The van der Waals surface area contributed by atoms with Crippen LogP contribution in [0.15, 0.2) is 119 Å². The number of hydrogen-bond acceptors (Lipinski definition) is 5. The van der Waals surface area contributed by atoms with E-state index in [-0.39, 0.29) is 35.0 Å². The number of carbonyl (C=O) groups is 1. The lowest BCUT2D eigenvalue weighted by molar-refractivity contribution is -0.132. The van der Waals surface area contributed by atoms with Crippen LogP contribution in [0.25, 0.3) is 0 Å². The molecule has 4 aromatic carbocycles. The lowest BCUT2D eigenvalue weighted by Crippen LogP contribution is -2.60. The maximum Gasteiger partial charge on any atom is 0.243 e. The molecule has 222 valence electrons. The lowest BCUT2D eigenvalue weighted by atomic mass is 9.77. The number of sulfonamides is 2. The molecule has 43 heavy (non-hydrogen) atoms. The average Bonchev–Trinajstić information content (AvgIpc) is 3.01. The number of fused-ring (bicyclic) bond motifs is 1. The number of ketones is 1. The van der Waals surface area contributed by atoms with Gasteiger partial charge in [-0.05, 0) is 55.7 Å². The minimum absolute atomic E-state index is 0.0370. The summed E-state index contributed by atoms with van der Waals surface area (Å²) in [6.45, 7) is 3.68. The first-order valence-electron chi connectivity index (χ1n) is 14.4. The molecule has 7 nitrogen and oxygen atoms in total. The lowest BCUT2D eigenvalue weighted by Gasteiger charge is -2.51. The van der Waals surface area contributed by atoms with Crippen molar-refractivity contribution in [1.29, 1.82) is 0 Å². The molecule has 4 atom stereocenters. The summed E-state index contributed by atoms with van der Waals surface area (Å²) in [6, 6.07) is 29.8. The number of carbonyl (C=O) groups excluding carboxylic acids is 1. The number of benzene rings is 4. The number of Topliss-reactive ketones (excluding diaryl/α,β-unsaturated/α-hetero) is 1. The minimum atomic E-state index is -4.07. The van der Waals surface area contributed by atoms with Gasteiger partial charge in [0, 0.05) is 24.9 Å². The Morgan fingerprint density at radius 3 is 1.58 bits per heavy atom. The van der Waals surface area contributed by atoms with Crippen LogP contribution in [0.3, 0.4) is 0 Å². The Morgan fingerprint density at radius 1 is 0.605 bits per heavy atom. The monoisotopic (exact) mass is 614 g/mol. The van der Waals surface area contributed by atoms with Gasteiger partial charge in [-0.2, -0.15) is 8.61 Å². The molecule has 0 aliphatic carbocycles. The van der Waals surface area contributed by atoms with E-state index in [9.17, 15) is 21.6 Å². The van der Waals surface area contributed by atoms with E-state index in [0.29, 0.717) is 0 Å². The molecule has 0 bridgehead atoms. The second-order valence-electron chi connectivity index (χ2n) is 11.5. The van der Waals surface area contributed by atoms with Gasteiger partial charge < -0.3 is 0 Å². The van der Waals surface area contributed by atoms with Gasteiger partial charge >= 0.3 is 0 Å². The van der Waals surface area contributed by atoms with Gasteiger partial charge in [-0.25, -0.2) is 16.8 Å². The molecule has 0 spiro atoms. The van der Waals surface area contributed by atoms with Crippen molar-refractivity contribution in [1.82, 2.24) is 8.61 Å². The molecule has 2 saturated heterocycles. The third-order valence-electron chi connectivity index (χ3n) is 8.69. The Bertz CT molecular complexity index is 1830. The van der Waals surface area contributed by atoms with E-state index in [1.165, 1.54) is 8.61 Å². The smallest absolute Gasteiger partial charge is 0.243 e. The molecule has 9 heteroatoms. The summed E-state index contributed by atoms with van der Waals surface area (Å²) >= 11 is 0. The molecule has 6 rings (SSSR count). The van der Waals surface area contributed by atoms with Gasteiger partial charge in [0.15, 0.2) is 0 Å². The van der Waals surface area contributed by atoms with E-state index in [2.05, 4.69) is 0 Å². The fraction of sp³-hybridized carbons (Fsp3) is 0.265. The normalized spacial score (nSPS) is 23.5. The van der Waals surface area contributed by atoms with Gasteiger partial charge in [-0.1, -0.05) is 96.1 Å².